The van der Waals surface area contributed by atoms with Gasteiger partial charge in [0, 0.05) is 37.6 Å². The lowest BCUT2D eigenvalue weighted by atomic mass is 9.88. The van der Waals surface area contributed by atoms with Gasteiger partial charge in [0.05, 0.1) is 10.5 Å². The average molecular weight is 442 g/mol. The number of nitrogens with zero attached hydrogens (tertiary/aromatic N) is 2. The van der Waals surface area contributed by atoms with Crippen molar-refractivity contribution in [3.8, 4) is 0 Å². The van der Waals surface area contributed by atoms with Gasteiger partial charge in [-0.3, -0.25) is 9.59 Å². The van der Waals surface area contributed by atoms with Crippen LogP contribution in [0.4, 0.5) is 0 Å². The predicted molar refractivity (Wildman–Crippen MR) is 122 cm³/mol. The van der Waals surface area contributed by atoms with Gasteiger partial charge >= 0.3 is 0 Å². The number of rotatable bonds is 4. The van der Waals surface area contributed by atoms with E-state index in [9.17, 15) is 9.59 Å². The van der Waals surface area contributed by atoms with E-state index < -0.39 is 6.10 Å². The molecule has 3 heterocycles. The Hall–Kier alpha value is -2.22. The molecule has 6 nitrogen and oxygen atoms in total. The lowest BCUT2D eigenvalue weighted by Gasteiger charge is -2.48. The summed E-state index contributed by atoms with van der Waals surface area (Å²) < 4.78 is 6.40. The summed E-state index contributed by atoms with van der Waals surface area (Å²) in [7, 11) is 2.04. The normalized spacial score (nSPS) is 21.3. The molecule has 31 heavy (non-hydrogen) atoms. The minimum absolute atomic E-state index is 0.0703. The van der Waals surface area contributed by atoms with E-state index in [4.69, 9.17) is 4.74 Å². The highest BCUT2D eigenvalue weighted by molar-refractivity contribution is 7.13. The number of benzene rings is 1. The molecular weight excluding hydrogens is 410 g/mol. The number of morpholine rings is 1. The third kappa shape index (κ3) is 5.17. The van der Waals surface area contributed by atoms with Crippen LogP contribution < -0.4 is 5.32 Å². The topological polar surface area (TPSA) is 61.9 Å². The minimum atomic E-state index is -0.494. The summed E-state index contributed by atoms with van der Waals surface area (Å²) >= 11 is 1.54. The molecule has 0 aliphatic carbocycles. The van der Waals surface area contributed by atoms with Gasteiger partial charge < -0.3 is 19.9 Å². The molecule has 0 bridgehead atoms. The van der Waals surface area contributed by atoms with Gasteiger partial charge in [-0.1, -0.05) is 29.8 Å². The number of aryl methyl sites for hydroxylation is 2. The van der Waals surface area contributed by atoms with Crippen LogP contribution in [0.2, 0.25) is 0 Å². The number of piperidine rings is 1. The molecule has 2 aliphatic heterocycles. The molecule has 4 rings (SSSR count). The first-order valence-electron chi connectivity index (χ1n) is 10.9. The number of amides is 2. The molecule has 1 unspecified atom stereocenters. The van der Waals surface area contributed by atoms with E-state index >= 15 is 0 Å². The minimum Gasteiger partial charge on any atom is -0.359 e. The number of thiophene rings is 1. The van der Waals surface area contributed by atoms with Crippen molar-refractivity contribution in [1.82, 2.24) is 15.1 Å². The molecule has 0 saturated carbocycles. The van der Waals surface area contributed by atoms with Gasteiger partial charge in [0.2, 0.25) is 0 Å². The molecule has 0 radical (unpaired) electrons. The fourth-order valence-corrected chi connectivity index (χ4v) is 5.30. The summed E-state index contributed by atoms with van der Waals surface area (Å²) in [6.07, 6.45) is 0.996. The monoisotopic (exact) mass is 441 g/mol. The Balaban J connectivity index is 1.34. The molecule has 1 aromatic heterocycles. The fraction of sp³-hybridized carbons (Fsp3) is 0.500. The first-order chi connectivity index (χ1) is 14.8. The van der Waals surface area contributed by atoms with Gasteiger partial charge in [-0.05, 0) is 51.4 Å². The summed E-state index contributed by atoms with van der Waals surface area (Å²) in [5, 5.41) is 3.03. The van der Waals surface area contributed by atoms with Crippen LogP contribution in [-0.2, 0) is 16.1 Å². The van der Waals surface area contributed by atoms with Gasteiger partial charge in [0.1, 0.15) is 6.10 Å². The van der Waals surface area contributed by atoms with Crippen LogP contribution in [0.5, 0.6) is 0 Å². The maximum Gasteiger partial charge on any atom is 0.263 e. The molecule has 1 N–H and O–H groups in total. The number of hydrogen-bond acceptors (Lipinski definition) is 5. The summed E-state index contributed by atoms with van der Waals surface area (Å²) in [5.41, 5.74) is 1.91. The zero-order chi connectivity index (χ0) is 22.0. The number of likely N-dealkylation sites (N-methyl/N-ethyl adjacent to an activating group) is 1. The first kappa shape index (κ1) is 22.0. The van der Waals surface area contributed by atoms with E-state index in [2.05, 4.69) is 10.2 Å². The van der Waals surface area contributed by atoms with Crippen molar-refractivity contribution in [3.05, 3.63) is 57.3 Å². The third-order valence-electron chi connectivity index (χ3n) is 6.22. The quantitative estimate of drug-likeness (QED) is 0.792. The fourth-order valence-electron chi connectivity index (χ4n) is 4.46. The second kappa shape index (κ2) is 9.10. The molecule has 1 aromatic carbocycles. The summed E-state index contributed by atoms with van der Waals surface area (Å²) in [6, 6.07) is 12.1. The van der Waals surface area contributed by atoms with E-state index in [0.717, 1.165) is 34.7 Å². The molecule has 2 saturated heterocycles. The standard InChI is InChI=1S/C24H31N3O3S/c1-17-4-7-19(8-5-17)14-25-22(28)20-15-26(3)16-24(30-20)10-12-27(13-11-24)23(29)21-9-6-18(2)31-21/h4-9,20H,10-16H2,1-3H3,(H,25,28). The molecule has 166 valence electrons. The SMILES string of the molecule is Cc1ccc(CNC(=O)C2CN(C)CC3(CCN(C(=O)c4ccc(C)s4)CC3)O2)cc1. The average Bonchev–Trinajstić information content (AvgIpc) is 3.19. The summed E-state index contributed by atoms with van der Waals surface area (Å²) in [4.78, 5) is 31.7. The van der Waals surface area contributed by atoms with Crippen molar-refractivity contribution in [1.29, 1.82) is 0 Å². The predicted octanol–water partition coefficient (Wildman–Crippen LogP) is 2.99. The number of likely N-dealkylation sites (tertiary alicyclic amines) is 1. The molecule has 2 aliphatic rings. The maximum atomic E-state index is 12.8. The van der Waals surface area contributed by atoms with Gasteiger partial charge in [0.25, 0.3) is 11.8 Å². The zero-order valence-electron chi connectivity index (χ0n) is 18.5. The van der Waals surface area contributed by atoms with E-state index in [1.54, 1.807) is 11.3 Å². The molecule has 2 aromatic rings. The Morgan fingerprint density at radius 3 is 2.48 bits per heavy atom. The van der Waals surface area contributed by atoms with Gasteiger partial charge in [-0.25, -0.2) is 0 Å². The first-order valence-corrected chi connectivity index (χ1v) is 11.7. The van der Waals surface area contributed by atoms with Crippen molar-refractivity contribution >= 4 is 23.2 Å². The molecule has 7 heteroatoms. The molecule has 2 fully saturated rings. The van der Waals surface area contributed by atoms with Gasteiger partial charge in [-0.2, -0.15) is 0 Å². The largest absolute Gasteiger partial charge is 0.359 e. The molecule has 1 spiro atoms. The summed E-state index contributed by atoms with van der Waals surface area (Å²) in [6.45, 7) is 7.24. The van der Waals surface area contributed by atoms with Gasteiger partial charge in [0.15, 0.2) is 0 Å². The van der Waals surface area contributed by atoms with Crippen molar-refractivity contribution in [2.45, 2.75) is 44.9 Å². The van der Waals surface area contributed by atoms with Crippen LogP contribution in [-0.4, -0.2) is 66.5 Å². The van der Waals surface area contributed by atoms with Crippen LogP contribution >= 0.6 is 11.3 Å². The lowest BCUT2D eigenvalue weighted by molar-refractivity contribution is -0.180. The van der Waals surface area contributed by atoms with E-state index in [0.29, 0.717) is 26.2 Å². The number of carbonyl (C=O) groups excluding carboxylic acids is 2. The zero-order valence-corrected chi connectivity index (χ0v) is 19.3. The third-order valence-corrected chi connectivity index (χ3v) is 7.21. The van der Waals surface area contributed by atoms with E-state index in [1.807, 2.05) is 62.2 Å². The second-order valence-corrected chi connectivity index (χ2v) is 10.2. The van der Waals surface area contributed by atoms with Crippen molar-refractivity contribution in [3.63, 3.8) is 0 Å². The summed E-state index contributed by atoms with van der Waals surface area (Å²) in [5.74, 6) is 0.0311. The second-order valence-electron chi connectivity index (χ2n) is 8.89. The Morgan fingerprint density at radius 2 is 1.84 bits per heavy atom. The van der Waals surface area contributed by atoms with Crippen LogP contribution in [0, 0.1) is 13.8 Å². The Kier molecular flexibility index (Phi) is 6.46. The van der Waals surface area contributed by atoms with Crippen LogP contribution in [0.25, 0.3) is 0 Å². The number of nitrogens with one attached hydrogen (secondary N) is 1. The van der Waals surface area contributed by atoms with E-state index in [1.165, 1.54) is 5.56 Å². The van der Waals surface area contributed by atoms with Crippen molar-refractivity contribution < 1.29 is 14.3 Å². The number of ether oxygens (including phenoxy) is 1. The highest BCUT2D eigenvalue weighted by Crippen LogP contribution is 2.33. The maximum absolute atomic E-state index is 12.8. The number of carbonyl (C=O) groups is 2. The highest BCUT2D eigenvalue weighted by Gasteiger charge is 2.44. The lowest BCUT2D eigenvalue weighted by Crippen LogP contribution is -2.61. The van der Waals surface area contributed by atoms with Crippen molar-refractivity contribution in [2.75, 3.05) is 33.2 Å². The van der Waals surface area contributed by atoms with Crippen molar-refractivity contribution in [2.24, 2.45) is 0 Å². The van der Waals surface area contributed by atoms with Crippen LogP contribution in [0.1, 0.15) is 38.5 Å². The molecule has 2 amide bonds. The Labute approximate surface area is 188 Å². The van der Waals surface area contributed by atoms with Gasteiger partial charge in [-0.15, -0.1) is 11.3 Å². The smallest absolute Gasteiger partial charge is 0.263 e. The Bertz CT molecular complexity index is 932. The Morgan fingerprint density at radius 1 is 1.13 bits per heavy atom. The van der Waals surface area contributed by atoms with Crippen LogP contribution in [0.3, 0.4) is 0 Å². The molecule has 1 atom stereocenters. The number of hydrogen-bond donors (Lipinski definition) is 1. The molecular formula is C24H31N3O3S. The highest BCUT2D eigenvalue weighted by atomic mass is 32.1. The van der Waals surface area contributed by atoms with Crippen LogP contribution in [0.15, 0.2) is 36.4 Å². The van der Waals surface area contributed by atoms with E-state index in [-0.39, 0.29) is 17.4 Å².